The van der Waals surface area contributed by atoms with Gasteiger partial charge in [0.2, 0.25) is 5.95 Å². The number of para-hydroxylation sites is 1. The molecule has 3 N–H and O–H groups in total. The minimum absolute atomic E-state index is 0.0185. The summed E-state index contributed by atoms with van der Waals surface area (Å²) < 4.78 is 44.7. The minimum Gasteiger partial charge on any atom is -0.352 e. The van der Waals surface area contributed by atoms with Gasteiger partial charge in [-0.2, -0.15) is 4.98 Å². The summed E-state index contributed by atoms with van der Waals surface area (Å²) in [5.74, 6) is -2.28. The molecule has 0 atom stereocenters. The van der Waals surface area contributed by atoms with Crippen LogP contribution in [0.3, 0.4) is 0 Å². The molecule has 0 saturated carbocycles. The van der Waals surface area contributed by atoms with Gasteiger partial charge in [0.05, 0.1) is 5.69 Å². The van der Waals surface area contributed by atoms with Crippen LogP contribution < -0.4 is 21.5 Å². The van der Waals surface area contributed by atoms with E-state index in [1.807, 2.05) is 6.92 Å². The maximum atomic E-state index is 15.2. The van der Waals surface area contributed by atoms with E-state index in [4.69, 9.17) is 9.97 Å². The van der Waals surface area contributed by atoms with Crippen LogP contribution >= 0.6 is 0 Å². The second-order valence-corrected chi connectivity index (χ2v) is 14.0. The number of aromatic nitrogens is 3. The molecule has 8 nitrogen and oxygen atoms in total. The number of piperidine rings is 1. The molecule has 0 unspecified atom stereocenters. The molecular weight excluding hydrogens is 629 g/mol. The first-order chi connectivity index (χ1) is 23.2. The molecule has 5 aromatic rings. The van der Waals surface area contributed by atoms with E-state index in [0.717, 1.165) is 40.7 Å². The van der Waals surface area contributed by atoms with Crippen molar-refractivity contribution in [1.29, 1.82) is 0 Å². The summed E-state index contributed by atoms with van der Waals surface area (Å²) in [4.78, 5) is 36.3. The average molecular weight is 669 g/mol. The smallest absolute Gasteiger partial charge is 0.256 e. The zero-order valence-corrected chi connectivity index (χ0v) is 28.1. The number of rotatable bonds is 8. The van der Waals surface area contributed by atoms with E-state index >= 15 is 8.78 Å². The van der Waals surface area contributed by atoms with Crippen molar-refractivity contribution < 1.29 is 18.0 Å². The van der Waals surface area contributed by atoms with Crippen molar-refractivity contribution in [3.63, 3.8) is 0 Å². The molecule has 3 aromatic carbocycles. The molecule has 3 heterocycles. The summed E-state index contributed by atoms with van der Waals surface area (Å²) in [6, 6.07) is 17.5. The first-order valence-corrected chi connectivity index (χ1v) is 16.3. The number of hydrogen-bond acceptors (Lipinski definition) is 6. The summed E-state index contributed by atoms with van der Waals surface area (Å²) in [6.45, 7) is 10.7. The first-order valence-electron chi connectivity index (χ1n) is 16.3. The largest absolute Gasteiger partial charge is 0.352 e. The molecule has 2 aromatic heterocycles. The van der Waals surface area contributed by atoms with Crippen molar-refractivity contribution in [2.45, 2.75) is 71.0 Å². The Morgan fingerprint density at radius 3 is 2.27 bits per heavy atom. The van der Waals surface area contributed by atoms with Crippen molar-refractivity contribution in [2.75, 3.05) is 11.9 Å². The van der Waals surface area contributed by atoms with Crippen LogP contribution in [0, 0.1) is 24.4 Å². The minimum atomic E-state index is -0.915. The fourth-order valence-electron chi connectivity index (χ4n) is 7.00. The third-order valence-corrected chi connectivity index (χ3v) is 8.80. The van der Waals surface area contributed by atoms with E-state index in [-0.39, 0.29) is 40.4 Å². The van der Waals surface area contributed by atoms with E-state index in [1.54, 1.807) is 30.3 Å². The number of aryl methyl sites for hydroxylation is 1. The number of pyridine rings is 1. The van der Waals surface area contributed by atoms with Crippen LogP contribution in [0.25, 0.3) is 28.0 Å². The van der Waals surface area contributed by atoms with Gasteiger partial charge in [-0.15, -0.1) is 0 Å². The normalized spacial score (nSPS) is 15.7. The molecule has 0 aliphatic carbocycles. The SMILES string of the molecule is Cc1ccc(C(=O)NCCc2ccc(F)cc2)cc1-c1nc(NC2CC(C)(C)NC(C)(C)C2)nc2c1ccc(=O)n2-c1c(F)cccc1F. The Balaban J connectivity index is 1.45. The lowest BCUT2D eigenvalue weighted by atomic mass is 9.80. The van der Waals surface area contributed by atoms with Crippen molar-refractivity contribution in [3.8, 4) is 16.9 Å². The van der Waals surface area contributed by atoms with Crippen LogP contribution in [-0.2, 0) is 6.42 Å². The Morgan fingerprint density at radius 2 is 1.59 bits per heavy atom. The number of nitrogens with zero attached hydrogens (tertiary/aromatic N) is 3. The maximum Gasteiger partial charge on any atom is 0.256 e. The summed E-state index contributed by atoms with van der Waals surface area (Å²) >= 11 is 0. The lowest BCUT2D eigenvalue weighted by Crippen LogP contribution is -2.60. The van der Waals surface area contributed by atoms with Gasteiger partial charge in [-0.3, -0.25) is 14.2 Å². The van der Waals surface area contributed by atoms with Crippen LogP contribution in [0.1, 0.15) is 62.0 Å². The lowest BCUT2D eigenvalue weighted by Gasteiger charge is -2.46. The lowest BCUT2D eigenvalue weighted by molar-refractivity contribution is 0.0954. The van der Waals surface area contributed by atoms with Crippen molar-refractivity contribution in [2.24, 2.45) is 0 Å². The molecule has 1 amide bonds. The number of amides is 1. The van der Waals surface area contributed by atoms with E-state index in [0.29, 0.717) is 35.2 Å². The number of hydrogen-bond donors (Lipinski definition) is 3. The molecule has 0 spiro atoms. The molecule has 0 bridgehead atoms. The highest BCUT2D eigenvalue weighted by atomic mass is 19.1. The predicted octanol–water partition coefficient (Wildman–Crippen LogP) is 6.87. The van der Waals surface area contributed by atoms with Gasteiger partial charge in [-0.25, -0.2) is 18.2 Å². The Bertz CT molecular complexity index is 2070. The Hall–Kier alpha value is -5.03. The standard InChI is InChI=1S/C38H39F3N6O2/c1-22-9-12-24(35(49)42-18-17-23-10-13-25(39)14-11-23)19-28(22)32-27-15-16-31(48)47(33-29(40)7-6-8-30(33)41)34(27)45-36(44-32)43-26-20-37(2,3)46-38(4,5)21-26/h6-16,19,26,46H,17-18,20-21H2,1-5H3,(H,42,49)(H,43,44,45). The van der Waals surface area contributed by atoms with Crippen molar-refractivity contribution >= 4 is 22.9 Å². The van der Waals surface area contributed by atoms with E-state index in [9.17, 15) is 14.0 Å². The average Bonchev–Trinajstić information content (AvgIpc) is 3.01. The fraction of sp³-hybridized carbons (Fsp3) is 0.316. The summed E-state index contributed by atoms with van der Waals surface area (Å²) in [5, 5.41) is 10.4. The molecule has 1 saturated heterocycles. The number of halogens is 3. The summed E-state index contributed by atoms with van der Waals surface area (Å²) in [5.41, 5.74) is 1.44. The third kappa shape index (κ3) is 7.36. The second-order valence-electron chi connectivity index (χ2n) is 14.0. The molecule has 49 heavy (non-hydrogen) atoms. The molecule has 254 valence electrons. The number of nitrogens with one attached hydrogen (secondary N) is 3. The Morgan fingerprint density at radius 1 is 0.918 bits per heavy atom. The zero-order chi connectivity index (χ0) is 35.1. The van der Waals surface area contributed by atoms with Gasteiger partial charge in [-0.1, -0.05) is 24.3 Å². The molecule has 1 aliphatic heterocycles. The van der Waals surface area contributed by atoms with Crippen molar-refractivity contribution in [3.05, 3.63) is 117 Å². The number of carbonyl (C=O) groups is 1. The first kappa shape index (κ1) is 33.9. The molecule has 1 fully saturated rings. The van der Waals surface area contributed by atoms with Crippen LogP contribution in [0.4, 0.5) is 19.1 Å². The topological polar surface area (TPSA) is 101 Å². The van der Waals surface area contributed by atoms with Gasteiger partial charge in [0.25, 0.3) is 11.5 Å². The van der Waals surface area contributed by atoms with Gasteiger partial charge in [0.15, 0.2) is 5.65 Å². The van der Waals surface area contributed by atoms with Crippen molar-refractivity contribution in [1.82, 2.24) is 25.2 Å². The highest BCUT2D eigenvalue weighted by molar-refractivity contribution is 5.98. The van der Waals surface area contributed by atoms with Crippen LogP contribution in [-0.4, -0.2) is 44.1 Å². The van der Waals surface area contributed by atoms with E-state index in [2.05, 4.69) is 43.6 Å². The fourth-order valence-corrected chi connectivity index (χ4v) is 7.00. The van der Waals surface area contributed by atoms with Crippen LogP contribution in [0.15, 0.2) is 77.6 Å². The van der Waals surface area contributed by atoms with Gasteiger partial charge in [0, 0.05) is 46.2 Å². The molecule has 6 rings (SSSR count). The van der Waals surface area contributed by atoms with Gasteiger partial charge >= 0.3 is 0 Å². The highest BCUT2D eigenvalue weighted by Crippen LogP contribution is 2.34. The summed E-state index contributed by atoms with van der Waals surface area (Å²) in [7, 11) is 0. The molecular formula is C38H39F3N6O2. The van der Waals surface area contributed by atoms with Crippen LogP contribution in [0.5, 0.6) is 0 Å². The predicted molar refractivity (Wildman–Crippen MR) is 186 cm³/mol. The second kappa shape index (κ2) is 13.1. The Labute approximate surface area is 282 Å². The van der Waals surface area contributed by atoms with Gasteiger partial charge in [-0.05, 0) is 107 Å². The number of benzene rings is 3. The van der Waals surface area contributed by atoms with Gasteiger partial charge < -0.3 is 16.0 Å². The monoisotopic (exact) mass is 668 g/mol. The van der Waals surface area contributed by atoms with E-state index in [1.165, 1.54) is 30.3 Å². The zero-order valence-electron chi connectivity index (χ0n) is 28.1. The van der Waals surface area contributed by atoms with Crippen LogP contribution in [0.2, 0.25) is 0 Å². The number of carbonyl (C=O) groups excluding carboxylic acids is 1. The Kier molecular flexibility index (Phi) is 9.06. The van der Waals surface area contributed by atoms with Gasteiger partial charge in [0.1, 0.15) is 23.1 Å². The molecule has 1 aliphatic rings. The number of anilines is 1. The van der Waals surface area contributed by atoms with E-state index < -0.39 is 22.9 Å². The maximum absolute atomic E-state index is 15.2. The summed E-state index contributed by atoms with van der Waals surface area (Å²) in [6.07, 6.45) is 2.00. The molecule has 11 heteroatoms. The number of fused-ring (bicyclic) bond motifs is 1. The quantitative estimate of drug-likeness (QED) is 0.167. The third-order valence-electron chi connectivity index (χ3n) is 8.80. The highest BCUT2D eigenvalue weighted by Gasteiger charge is 2.38. The molecule has 0 radical (unpaired) electrons.